The van der Waals surface area contributed by atoms with Gasteiger partial charge in [0.25, 0.3) is 0 Å². The second kappa shape index (κ2) is 3.73. The highest BCUT2D eigenvalue weighted by atomic mass is 16.4. The van der Waals surface area contributed by atoms with Crippen LogP contribution in [0.1, 0.15) is 35.9 Å². The third-order valence-electron chi connectivity index (χ3n) is 2.85. The maximum absolute atomic E-state index is 10.8. The van der Waals surface area contributed by atoms with E-state index in [1.165, 1.54) is 18.9 Å². The minimum Gasteiger partial charge on any atom is -0.477 e. The molecule has 1 aromatic rings. The monoisotopic (exact) mass is 221 g/mol. The fraction of sp³-hybridized carbons (Fsp3) is 0.545. The van der Waals surface area contributed by atoms with Gasteiger partial charge in [0.2, 0.25) is 5.95 Å². The molecule has 0 radical (unpaired) electrons. The largest absolute Gasteiger partial charge is 0.477 e. The van der Waals surface area contributed by atoms with Crippen LogP contribution in [-0.4, -0.2) is 27.6 Å². The van der Waals surface area contributed by atoms with Crippen LogP contribution in [-0.2, 0) is 0 Å². The molecule has 0 unspecified atom stereocenters. The molecule has 5 heteroatoms. The van der Waals surface area contributed by atoms with Crippen LogP contribution in [0.5, 0.6) is 0 Å². The first-order valence-corrected chi connectivity index (χ1v) is 5.31. The lowest BCUT2D eigenvalue weighted by molar-refractivity contribution is 0.0690. The molecule has 0 spiro atoms. The third-order valence-corrected chi connectivity index (χ3v) is 2.85. The summed E-state index contributed by atoms with van der Waals surface area (Å²) in [5, 5.41) is 12.0. The number of anilines is 1. The summed E-state index contributed by atoms with van der Waals surface area (Å²) in [6, 6.07) is 1.46. The number of hydrogen-bond acceptors (Lipinski definition) is 4. The predicted molar refractivity (Wildman–Crippen MR) is 59.6 cm³/mol. The number of aromatic carboxylic acids is 1. The molecule has 1 aliphatic carbocycles. The lowest BCUT2D eigenvalue weighted by atomic mass is 10.1. The minimum absolute atomic E-state index is 0.0379. The summed E-state index contributed by atoms with van der Waals surface area (Å²) < 4.78 is 0. The van der Waals surface area contributed by atoms with E-state index in [0.717, 1.165) is 6.54 Å². The van der Waals surface area contributed by atoms with Crippen molar-refractivity contribution in [1.82, 2.24) is 9.97 Å². The fourth-order valence-corrected chi connectivity index (χ4v) is 1.44. The van der Waals surface area contributed by atoms with Crippen molar-refractivity contribution in [3.8, 4) is 0 Å². The number of hydrogen-bond donors (Lipinski definition) is 2. The van der Waals surface area contributed by atoms with E-state index < -0.39 is 5.97 Å². The number of carbonyl (C=O) groups is 1. The smallest absolute Gasteiger partial charge is 0.354 e. The van der Waals surface area contributed by atoms with Crippen molar-refractivity contribution in [2.75, 3.05) is 11.9 Å². The summed E-state index contributed by atoms with van der Waals surface area (Å²) in [4.78, 5) is 18.9. The molecular formula is C11H15N3O2. The summed E-state index contributed by atoms with van der Waals surface area (Å²) >= 11 is 0. The Morgan fingerprint density at radius 2 is 2.25 bits per heavy atom. The first-order valence-electron chi connectivity index (χ1n) is 5.31. The van der Waals surface area contributed by atoms with Crippen molar-refractivity contribution in [3.05, 3.63) is 17.5 Å². The summed E-state index contributed by atoms with van der Waals surface area (Å²) in [6.45, 7) is 4.75. The van der Waals surface area contributed by atoms with Crippen LogP contribution < -0.4 is 5.32 Å². The number of carboxylic acid groups (broad SMARTS) is 1. The van der Waals surface area contributed by atoms with E-state index in [4.69, 9.17) is 5.11 Å². The molecule has 2 N–H and O–H groups in total. The molecule has 1 fully saturated rings. The highest BCUT2D eigenvalue weighted by molar-refractivity contribution is 5.85. The van der Waals surface area contributed by atoms with Crippen molar-refractivity contribution in [2.45, 2.75) is 26.7 Å². The van der Waals surface area contributed by atoms with Crippen molar-refractivity contribution >= 4 is 11.9 Å². The molecule has 0 amide bonds. The molecule has 0 saturated heterocycles. The Balaban J connectivity index is 2.10. The van der Waals surface area contributed by atoms with Crippen molar-refractivity contribution in [2.24, 2.45) is 5.41 Å². The van der Waals surface area contributed by atoms with Gasteiger partial charge in [-0.25, -0.2) is 14.8 Å². The third kappa shape index (κ3) is 2.48. The quantitative estimate of drug-likeness (QED) is 0.809. The molecule has 0 aromatic carbocycles. The number of rotatable bonds is 4. The van der Waals surface area contributed by atoms with Crippen molar-refractivity contribution < 1.29 is 9.90 Å². The van der Waals surface area contributed by atoms with E-state index in [0.29, 0.717) is 17.1 Å². The average molecular weight is 221 g/mol. The summed E-state index contributed by atoms with van der Waals surface area (Å²) in [5.41, 5.74) is 1.04. The van der Waals surface area contributed by atoms with Gasteiger partial charge in [0.1, 0.15) is 0 Å². The van der Waals surface area contributed by atoms with Gasteiger partial charge in [-0.05, 0) is 31.2 Å². The molecule has 16 heavy (non-hydrogen) atoms. The number of aryl methyl sites for hydroxylation is 1. The summed E-state index contributed by atoms with van der Waals surface area (Å²) in [7, 11) is 0. The van der Waals surface area contributed by atoms with Gasteiger partial charge in [0, 0.05) is 12.2 Å². The number of nitrogens with one attached hydrogen (secondary N) is 1. The van der Waals surface area contributed by atoms with E-state index in [9.17, 15) is 4.79 Å². The van der Waals surface area contributed by atoms with E-state index in [-0.39, 0.29) is 5.69 Å². The SMILES string of the molecule is Cc1cc(C(=O)O)nc(NCC2(C)CC2)n1. The molecular weight excluding hydrogens is 206 g/mol. The molecule has 1 aromatic heterocycles. The molecule has 0 atom stereocenters. The Bertz CT molecular complexity index is 427. The topological polar surface area (TPSA) is 75.1 Å². The molecule has 1 aliphatic rings. The van der Waals surface area contributed by atoms with Gasteiger partial charge in [0.05, 0.1) is 0 Å². The zero-order valence-corrected chi connectivity index (χ0v) is 9.45. The zero-order valence-electron chi connectivity index (χ0n) is 9.45. The first-order chi connectivity index (χ1) is 7.48. The van der Waals surface area contributed by atoms with E-state index in [1.54, 1.807) is 6.92 Å². The van der Waals surface area contributed by atoms with Crippen LogP contribution >= 0.6 is 0 Å². The number of carboxylic acids is 1. The number of aromatic nitrogens is 2. The lowest BCUT2D eigenvalue weighted by Crippen LogP contribution is -2.15. The van der Waals surface area contributed by atoms with Gasteiger partial charge in [-0.2, -0.15) is 0 Å². The standard InChI is InChI=1S/C11H15N3O2/c1-7-5-8(9(15)16)14-10(13-7)12-6-11(2)3-4-11/h5H,3-4,6H2,1-2H3,(H,15,16)(H,12,13,14). The average Bonchev–Trinajstić information content (AvgIpc) is 2.94. The minimum atomic E-state index is -1.02. The van der Waals surface area contributed by atoms with Gasteiger partial charge in [0.15, 0.2) is 5.69 Å². The Hall–Kier alpha value is -1.65. The van der Waals surface area contributed by atoms with Gasteiger partial charge < -0.3 is 10.4 Å². The molecule has 0 bridgehead atoms. The van der Waals surface area contributed by atoms with Gasteiger partial charge in [-0.3, -0.25) is 0 Å². The number of nitrogens with zero attached hydrogens (tertiary/aromatic N) is 2. The molecule has 5 nitrogen and oxygen atoms in total. The van der Waals surface area contributed by atoms with Crippen LogP contribution in [0.2, 0.25) is 0 Å². The van der Waals surface area contributed by atoms with Crippen molar-refractivity contribution in [3.63, 3.8) is 0 Å². The van der Waals surface area contributed by atoms with Crippen LogP contribution in [0, 0.1) is 12.3 Å². The Labute approximate surface area is 93.9 Å². The molecule has 86 valence electrons. The molecule has 1 heterocycles. The highest BCUT2D eigenvalue weighted by Crippen LogP contribution is 2.44. The molecule has 0 aliphatic heterocycles. The Morgan fingerprint density at radius 3 is 2.81 bits per heavy atom. The second-order valence-corrected chi connectivity index (χ2v) is 4.69. The summed E-state index contributed by atoms with van der Waals surface area (Å²) in [6.07, 6.45) is 2.41. The predicted octanol–water partition coefficient (Wildman–Crippen LogP) is 1.70. The first kappa shape index (κ1) is 10.9. The van der Waals surface area contributed by atoms with E-state index in [2.05, 4.69) is 22.2 Å². The Morgan fingerprint density at radius 1 is 1.56 bits per heavy atom. The molecule has 1 saturated carbocycles. The van der Waals surface area contributed by atoms with E-state index >= 15 is 0 Å². The maximum atomic E-state index is 10.8. The van der Waals surface area contributed by atoms with Gasteiger partial charge in [-0.1, -0.05) is 6.92 Å². The van der Waals surface area contributed by atoms with Crippen LogP contribution in [0.15, 0.2) is 6.07 Å². The molecule has 2 rings (SSSR count). The van der Waals surface area contributed by atoms with Crippen LogP contribution in [0.25, 0.3) is 0 Å². The normalized spacial score (nSPS) is 16.9. The highest BCUT2D eigenvalue weighted by Gasteiger charge is 2.36. The van der Waals surface area contributed by atoms with Crippen LogP contribution in [0.3, 0.4) is 0 Å². The van der Waals surface area contributed by atoms with Crippen molar-refractivity contribution in [1.29, 1.82) is 0 Å². The fourth-order valence-electron chi connectivity index (χ4n) is 1.44. The summed E-state index contributed by atoms with van der Waals surface area (Å²) in [5.74, 6) is -0.614. The van der Waals surface area contributed by atoms with Gasteiger partial charge in [-0.15, -0.1) is 0 Å². The zero-order chi connectivity index (χ0) is 11.8. The lowest BCUT2D eigenvalue weighted by Gasteiger charge is -2.10. The maximum Gasteiger partial charge on any atom is 0.354 e. The van der Waals surface area contributed by atoms with E-state index in [1.807, 2.05) is 0 Å². The second-order valence-electron chi connectivity index (χ2n) is 4.69. The van der Waals surface area contributed by atoms with Gasteiger partial charge >= 0.3 is 5.97 Å². The van der Waals surface area contributed by atoms with Crippen LogP contribution in [0.4, 0.5) is 5.95 Å². The Kier molecular flexibility index (Phi) is 2.53.